The Morgan fingerprint density at radius 3 is 2.96 bits per heavy atom. The second-order valence-corrected chi connectivity index (χ2v) is 7.96. The van der Waals surface area contributed by atoms with Gasteiger partial charge in [-0.2, -0.15) is 0 Å². The first-order valence-electron chi connectivity index (χ1n) is 8.45. The SMILES string of the molecule is O=c1n(Cc2c(F)cccc2Cl)nc2c3c4c(sc3ncn12)CCCC4. The van der Waals surface area contributed by atoms with E-state index >= 15 is 0 Å². The molecule has 26 heavy (non-hydrogen) atoms. The van der Waals surface area contributed by atoms with Gasteiger partial charge >= 0.3 is 5.69 Å². The van der Waals surface area contributed by atoms with Crippen LogP contribution in [0.25, 0.3) is 15.9 Å². The Hall–Kier alpha value is -2.25. The molecule has 0 radical (unpaired) electrons. The summed E-state index contributed by atoms with van der Waals surface area (Å²) in [6.45, 7) is -0.0140. The molecule has 1 aliphatic rings. The summed E-state index contributed by atoms with van der Waals surface area (Å²) in [4.78, 5) is 19.5. The topological polar surface area (TPSA) is 52.2 Å². The van der Waals surface area contributed by atoms with Gasteiger partial charge in [0.05, 0.1) is 11.9 Å². The molecule has 0 amide bonds. The Bertz CT molecular complexity index is 1210. The Morgan fingerprint density at radius 1 is 1.27 bits per heavy atom. The smallest absolute Gasteiger partial charge is 0.246 e. The third-order valence-corrected chi connectivity index (χ3v) is 6.46. The number of benzene rings is 1. The number of fused-ring (bicyclic) bond motifs is 5. The van der Waals surface area contributed by atoms with Crippen LogP contribution in [0.3, 0.4) is 0 Å². The van der Waals surface area contributed by atoms with Crippen LogP contribution in [-0.4, -0.2) is 19.2 Å². The van der Waals surface area contributed by atoms with Gasteiger partial charge in [0.25, 0.3) is 0 Å². The summed E-state index contributed by atoms with van der Waals surface area (Å²) in [5.41, 5.74) is 1.77. The van der Waals surface area contributed by atoms with Crippen LogP contribution in [0.5, 0.6) is 0 Å². The lowest BCUT2D eigenvalue weighted by Gasteiger charge is -2.09. The third-order valence-electron chi connectivity index (χ3n) is 4.91. The molecule has 0 spiro atoms. The molecule has 1 aromatic carbocycles. The van der Waals surface area contributed by atoms with Crippen molar-refractivity contribution in [3.05, 3.63) is 61.9 Å². The highest BCUT2D eigenvalue weighted by molar-refractivity contribution is 7.19. The van der Waals surface area contributed by atoms with E-state index in [1.807, 2.05) is 0 Å². The lowest BCUT2D eigenvalue weighted by atomic mass is 9.97. The molecule has 0 unspecified atom stereocenters. The fourth-order valence-electron chi connectivity index (χ4n) is 3.61. The average molecular weight is 389 g/mol. The standard InChI is InChI=1S/C18H14ClFN4OS/c19-12-5-3-6-13(20)11(12)8-24-18(25)23-9-21-17-15(16(23)22-24)10-4-1-2-7-14(10)26-17/h3,5-6,9H,1-2,4,7-8H2. The van der Waals surface area contributed by atoms with Gasteiger partial charge in [-0.1, -0.05) is 17.7 Å². The van der Waals surface area contributed by atoms with Crippen LogP contribution in [0.15, 0.2) is 29.3 Å². The molecule has 5 nitrogen and oxygen atoms in total. The maximum Gasteiger partial charge on any atom is 0.351 e. The summed E-state index contributed by atoms with van der Waals surface area (Å²) in [5, 5.41) is 5.75. The van der Waals surface area contributed by atoms with Gasteiger partial charge in [-0.3, -0.25) is 0 Å². The van der Waals surface area contributed by atoms with E-state index < -0.39 is 5.82 Å². The largest absolute Gasteiger partial charge is 0.351 e. The maximum absolute atomic E-state index is 14.1. The number of aryl methyl sites for hydroxylation is 2. The monoisotopic (exact) mass is 388 g/mol. The Labute approximate surface area is 156 Å². The van der Waals surface area contributed by atoms with Crippen LogP contribution in [0.1, 0.15) is 28.8 Å². The van der Waals surface area contributed by atoms with E-state index in [4.69, 9.17) is 11.6 Å². The van der Waals surface area contributed by atoms with Crippen molar-refractivity contribution in [2.75, 3.05) is 0 Å². The van der Waals surface area contributed by atoms with Crippen LogP contribution in [0.2, 0.25) is 5.02 Å². The van der Waals surface area contributed by atoms with Crippen LogP contribution < -0.4 is 5.69 Å². The van der Waals surface area contributed by atoms with Crippen molar-refractivity contribution in [1.29, 1.82) is 0 Å². The highest BCUT2D eigenvalue weighted by atomic mass is 35.5. The minimum atomic E-state index is -0.447. The van der Waals surface area contributed by atoms with Gasteiger partial charge in [0, 0.05) is 15.5 Å². The van der Waals surface area contributed by atoms with Gasteiger partial charge in [-0.25, -0.2) is 23.3 Å². The molecule has 132 valence electrons. The van der Waals surface area contributed by atoms with E-state index in [0.29, 0.717) is 5.65 Å². The minimum Gasteiger partial charge on any atom is -0.246 e. The number of nitrogens with zero attached hydrogens (tertiary/aromatic N) is 4. The van der Waals surface area contributed by atoms with Crippen molar-refractivity contribution >= 4 is 38.8 Å². The van der Waals surface area contributed by atoms with Crippen molar-refractivity contribution in [3.8, 4) is 0 Å². The molecular weight excluding hydrogens is 375 g/mol. The average Bonchev–Trinajstić information content (AvgIpc) is 3.16. The molecule has 0 aliphatic heterocycles. The summed E-state index contributed by atoms with van der Waals surface area (Å²) in [5.74, 6) is -0.447. The number of rotatable bonds is 2. The number of hydrogen-bond acceptors (Lipinski definition) is 4. The zero-order chi connectivity index (χ0) is 17.8. The van der Waals surface area contributed by atoms with Crippen molar-refractivity contribution < 1.29 is 4.39 Å². The molecule has 1 aliphatic carbocycles. The molecule has 4 aromatic rings. The molecule has 8 heteroatoms. The van der Waals surface area contributed by atoms with Gasteiger partial charge in [0.15, 0.2) is 5.65 Å². The summed E-state index contributed by atoms with van der Waals surface area (Å²) in [6, 6.07) is 4.48. The van der Waals surface area contributed by atoms with Gasteiger partial charge in [-0.05, 0) is 43.4 Å². The van der Waals surface area contributed by atoms with Crippen molar-refractivity contribution in [1.82, 2.24) is 19.2 Å². The summed E-state index contributed by atoms with van der Waals surface area (Å²) >= 11 is 7.78. The molecule has 0 N–H and O–H groups in total. The Balaban J connectivity index is 1.73. The van der Waals surface area contributed by atoms with E-state index in [0.717, 1.165) is 29.5 Å². The van der Waals surface area contributed by atoms with Crippen molar-refractivity contribution in [3.63, 3.8) is 0 Å². The highest BCUT2D eigenvalue weighted by Crippen LogP contribution is 2.36. The molecular formula is C18H14ClFN4OS. The first-order chi connectivity index (χ1) is 12.6. The number of halogens is 2. The van der Waals surface area contributed by atoms with Crippen LogP contribution in [0, 0.1) is 5.82 Å². The van der Waals surface area contributed by atoms with E-state index in [1.54, 1.807) is 23.5 Å². The summed E-state index contributed by atoms with van der Waals surface area (Å²) in [6.07, 6.45) is 5.86. The number of aromatic nitrogens is 4. The Morgan fingerprint density at radius 2 is 2.12 bits per heavy atom. The maximum atomic E-state index is 14.1. The lowest BCUT2D eigenvalue weighted by Crippen LogP contribution is -2.22. The number of hydrogen-bond donors (Lipinski definition) is 0. The van der Waals surface area contributed by atoms with Crippen molar-refractivity contribution in [2.45, 2.75) is 32.2 Å². The summed E-state index contributed by atoms with van der Waals surface area (Å²) < 4.78 is 16.8. The lowest BCUT2D eigenvalue weighted by molar-refractivity contribution is 0.578. The summed E-state index contributed by atoms with van der Waals surface area (Å²) in [7, 11) is 0. The first-order valence-corrected chi connectivity index (χ1v) is 9.64. The fourth-order valence-corrected chi connectivity index (χ4v) is 5.06. The normalized spacial score (nSPS) is 14.2. The van der Waals surface area contributed by atoms with E-state index in [2.05, 4.69) is 10.1 Å². The number of thiophene rings is 1. The molecule has 0 atom stereocenters. The predicted molar refractivity (Wildman–Crippen MR) is 99.8 cm³/mol. The Kier molecular flexibility index (Phi) is 3.62. The molecule has 3 heterocycles. The molecule has 0 bridgehead atoms. The van der Waals surface area contributed by atoms with Crippen LogP contribution >= 0.6 is 22.9 Å². The van der Waals surface area contributed by atoms with Gasteiger partial charge in [0.1, 0.15) is 17.0 Å². The zero-order valence-electron chi connectivity index (χ0n) is 13.7. The first kappa shape index (κ1) is 16.0. The van der Waals surface area contributed by atoms with E-state index in [-0.39, 0.29) is 22.8 Å². The van der Waals surface area contributed by atoms with Crippen molar-refractivity contribution in [2.24, 2.45) is 0 Å². The van der Waals surface area contributed by atoms with Gasteiger partial charge in [0.2, 0.25) is 0 Å². The second kappa shape index (κ2) is 5.89. The fraction of sp³-hybridized carbons (Fsp3) is 0.278. The second-order valence-electron chi connectivity index (χ2n) is 6.47. The zero-order valence-corrected chi connectivity index (χ0v) is 15.3. The van der Waals surface area contributed by atoms with Gasteiger partial charge < -0.3 is 0 Å². The van der Waals surface area contributed by atoms with E-state index in [9.17, 15) is 9.18 Å². The van der Waals surface area contributed by atoms with Crippen LogP contribution in [-0.2, 0) is 19.4 Å². The predicted octanol–water partition coefficient (Wildman–Crippen LogP) is 3.83. The third kappa shape index (κ3) is 2.30. The molecule has 3 aromatic heterocycles. The molecule has 0 saturated heterocycles. The highest BCUT2D eigenvalue weighted by Gasteiger charge is 2.22. The minimum absolute atomic E-state index is 0.0140. The molecule has 0 fully saturated rings. The van der Waals surface area contributed by atoms with Crippen LogP contribution in [0.4, 0.5) is 4.39 Å². The molecule has 5 rings (SSSR count). The quantitative estimate of drug-likeness (QED) is 0.524. The van der Waals surface area contributed by atoms with E-state index in [1.165, 1.54) is 38.3 Å². The van der Waals surface area contributed by atoms with Gasteiger partial charge in [-0.15, -0.1) is 16.4 Å². The molecule has 0 saturated carbocycles.